The summed E-state index contributed by atoms with van der Waals surface area (Å²) in [4.78, 5) is 93.3. The first-order chi connectivity index (χ1) is 26.8. The number of terminal acetylenes is 1. The van der Waals surface area contributed by atoms with Crippen molar-refractivity contribution in [2.45, 2.75) is 103 Å². The SMILES string of the molecule is C#CCCC(NC(=O)[C@@H]1[C@@H]2[C@H](CN1C(=O)[C@@H](NC(=O)[C@@H](NC(=O)c1cnccn1)C1(C)CCCCC1)C1Cc3ccccc3C1)C2(C)C)C(=O)C(=O)NCC=C. The van der Waals surface area contributed by atoms with Crippen molar-refractivity contribution in [1.82, 2.24) is 36.1 Å². The molecule has 2 aromatic rings. The Morgan fingerprint density at radius 2 is 1.70 bits per heavy atom. The van der Waals surface area contributed by atoms with Crippen LogP contribution in [0.5, 0.6) is 0 Å². The second-order valence-corrected chi connectivity index (χ2v) is 16.7. The Morgan fingerprint density at radius 1 is 1.00 bits per heavy atom. The van der Waals surface area contributed by atoms with Crippen LogP contribution in [-0.4, -0.2) is 87.4 Å². The maximum atomic E-state index is 15.1. The molecule has 296 valence electrons. The summed E-state index contributed by atoms with van der Waals surface area (Å²) in [6.45, 7) is 10.0. The van der Waals surface area contributed by atoms with Crippen molar-refractivity contribution in [3.05, 3.63) is 72.3 Å². The summed E-state index contributed by atoms with van der Waals surface area (Å²) in [6, 6.07) is 3.79. The standard InChI is InChI=1S/C43H53N7O6/c1-6-8-16-30(35(51)39(54)46-19-7-2)47-38(53)34-32-29(42(32,3)4)25-50(34)41(56)33(28-22-26-14-10-11-15-27(26)23-28)48-40(55)36(43(5)17-12-9-13-18-43)49-37(52)31-24-44-20-21-45-31/h1,7,10-11,14-15,20-21,24,28-30,32-34,36H,2,8-9,12-13,16-19,22-23,25H2,3-5H3,(H,46,54)(H,47,53)(H,48,55)(H,49,52)/t29-,30?,32-,33-,34-,36+/m0/s1. The largest absolute Gasteiger partial charge is 0.346 e. The average Bonchev–Trinajstić information content (AvgIpc) is 3.55. The van der Waals surface area contributed by atoms with Gasteiger partial charge >= 0.3 is 0 Å². The van der Waals surface area contributed by atoms with Gasteiger partial charge in [0.2, 0.25) is 23.5 Å². The number of hydrogen-bond acceptors (Lipinski definition) is 8. The number of Topliss-reactive ketones (excluding diaryl/α,β-unsaturated/α-hetero) is 1. The molecule has 1 saturated heterocycles. The molecule has 56 heavy (non-hydrogen) atoms. The smallest absolute Gasteiger partial charge is 0.289 e. The second-order valence-electron chi connectivity index (χ2n) is 16.7. The van der Waals surface area contributed by atoms with Crippen molar-refractivity contribution in [3.8, 4) is 12.3 Å². The zero-order valence-electron chi connectivity index (χ0n) is 32.5. The molecule has 6 rings (SSSR count). The van der Waals surface area contributed by atoms with Crippen molar-refractivity contribution in [1.29, 1.82) is 0 Å². The first kappa shape index (κ1) is 40.3. The van der Waals surface area contributed by atoms with Crippen LogP contribution < -0.4 is 21.3 Å². The van der Waals surface area contributed by atoms with Gasteiger partial charge in [-0.05, 0) is 71.8 Å². The van der Waals surface area contributed by atoms with E-state index in [1.807, 2.05) is 31.2 Å². The van der Waals surface area contributed by atoms with Gasteiger partial charge in [-0.2, -0.15) is 0 Å². The Balaban J connectivity index is 1.30. The van der Waals surface area contributed by atoms with Crippen molar-refractivity contribution < 1.29 is 28.8 Å². The van der Waals surface area contributed by atoms with Crippen LogP contribution in [0.25, 0.3) is 0 Å². The highest BCUT2D eigenvalue weighted by Crippen LogP contribution is 2.65. The lowest BCUT2D eigenvalue weighted by Gasteiger charge is -2.41. The fraction of sp³-hybridized carbons (Fsp3) is 0.535. The summed E-state index contributed by atoms with van der Waals surface area (Å²) < 4.78 is 0. The number of ketones is 1. The van der Waals surface area contributed by atoms with E-state index in [1.54, 1.807) is 4.90 Å². The molecule has 0 spiro atoms. The fourth-order valence-electron chi connectivity index (χ4n) is 9.43. The number of benzene rings is 1. The van der Waals surface area contributed by atoms with Gasteiger partial charge in [0, 0.05) is 31.9 Å². The van der Waals surface area contributed by atoms with Crippen LogP contribution in [-0.2, 0) is 36.8 Å². The molecular weight excluding hydrogens is 711 g/mol. The van der Waals surface area contributed by atoms with Gasteiger partial charge in [0.05, 0.1) is 12.2 Å². The molecule has 4 N–H and O–H groups in total. The number of carbonyl (C=O) groups excluding carboxylic acids is 6. The lowest BCUT2D eigenvalue weighted by atomic mass is 9.70. The zero-order valence-corrected chi connectivity index (χ0v) is 32.5. The van der Waals surface area contributed by atoms with Gasteiger partial charge in [-0.1, -0.05) is 70.4 Å². The minimum Gasteiger partial charge on any atom is -0.346 e. The predicted molar refractivity (Wildman–Crippen MR) is 208 cm³/mol. The average molecular weight is 764 g/mol. The van der Waals surface area contributed by atoms with E-state index in [2.05, 4.69) is 57.6 Å². The molecule has 1 aromatic carbocycles. The van der Waals surface area contributed by atoms with E-state index in [0.29, 0.717) is 25.7 Å². The van der Waals surface area contributed by atoms with Gasteiger partial charge in [0.1, 0.15) is 23.8 Å². The van der Waals surface area contributed by atoms with E-state index in [0.717, 1.165) is 30.4 Å². The van der Waals surface area contributed by atoms with E-state index in [9.17, 15) is 24.0 Å². The van der Waals surface area contributed by atoms with Crippen molar-refractivity contribution in [2.24, 2.45) is 28.6 Å². The quantitative estimate of drug-likeness (QED) is 0.122. The summed E-state index contributed by atoms with van der Waals surface area (Å²) in [5, 5.41) is 11.3. The van der Waals surface area contributed by atoms with Crippen LogP contribution in [0.15, 0.2) is 55.5 Å². The molecule has 3 aliphatic carbocycles. The van der Waals surface area contributed by atoms with Gasteiger partial charge in [0.15, 0.2) is 0 Å². The number of carbonyl (C=O) groups is 6. The van der Waals surface area contributed by atoms with Gasteiger partial charge in [-0.3, -0.25) is 33.8 Å². The molecule has 4 aliphatic rings. The van der Waals surface area contributed by atoms with Crippen LogP contribution in [0, 0.1) is 40.9 Å². The van der Waals surface area contributed by atoms with Gasteiger partial charge in [-0.15, -0.1) is 18.9 Å². The number of hydrogen-bond donors (Lipinski definition) is 4. The Morgan fingerprint density at radius 3 is 2.32 bits per heavy atom. The fourth-order valence-corrected chi connectivity index (χ4v) is 9.43. The van der Waals surface area contributed by atoms with Crippen LogP contribution in [0.2, 0.25) is 0 Å². The van der Waals surface area contributed by atoms with E-state index in [1.165, 1.54) is 24.7 Å². The number of aromatic nitrogens is 2. The Bertz CT molecular complexity index is 1880. The van der Waals surface area contributed by atoms with Crippen molar-refractivity contribution >= 4 is 35.3 Å². The minimum absolute atomic E-state index is 0.00949. The molecule has 2 saturated carbocycles. The Hall–Kier alpha value is -5.38. The third-order valence-electron chi connectivity index (χ3n) is 12.7. The molecule has 1 aromatic heterocycles. The van der Waals surface area contributed by atoms with Gasteiger partial charge in [0.25, 0.3) is 11.8 Å². The Labute approximate surface area is 328 Å². The minimum atomic E-state index is -1.20. The first-order valence-corrected chi connectivity index (χ1v) is 19.7. The molecule has 6 atom stereocenters. The topological polar surface area (TPSA) is 180 Å². The van der Waals surface area contributed by atoms with Crippen LogP contribution in [0.4, 0.5) is 0 Å². The van der Waals surface area contributed by atoms with Crippen LogP contribution in [0.1, 0.15) is 87.3 Å². The van der Waals surface area contributed by atoms with E-state index < -0.39 is 64.9 Å². The summed E-state index contributed by atoms with van der Waals surface area (Å²) in [6.07, 6.45) is 16.6. The lowest BCUT2D eigenvalue weighted by Crippen LogP contribution is -2.63. The number of nitrogens with one attached hydrogen (secondary N) is 4. The third kappa shape index (κ3) is 8.25. The summed E-state index contributed by atoms with van der Waals surface area (Å²) in [5.41, 5.74) is 1.40. The molecule has 1 aliphatic heterocycles. The normalized spacial score (nSPS) is 23.2. The number of rotatable bonds is 15. The predicted octanol–water partition coefficient (Wildman–Crippen LogP) is 2.70. The second kappa shape index (κ2) is 16.8. The molecule has 2 heterocycles. The Kier molecular flexibility index (Phi) is 12.1. The van der Waals surface area contributed by atoms with Crippen LogP contribution >= 0.6 is 0 Å². The summed E-state index contributed by atoms with van der Waals surface area (Å²) >= 11 is 0. The van der Waals surface area contributed by atoms with Crippen molar-refractivity contribution in [3.63, 3.8) is 0 Å². The molecule has 5 amide bonds. The van der Waals surface area contributed by atoms with Crippen molar-refractivity contribution in [2.75, 3.05) is 13.1 Å². The number of fused-ring (bicyclic) bond motifs is 2. The molecule has 3 fully saturated rings. The zero-order chi connectivity index (χ0) is 40.2. The van der Waals surface area contributed by atoms with Crippen LogP contribution in [0.3, 0.4) is 0 Å². The lowest BCUT2D eigenvalue weighted by molar-refractivity contribution is -0.146. The monoisotopic (exact) mass is 763 g/mol. The highest BCUT2D eigenvalue weighted by atomic mass is 16.2. The highest BCUT2D eigenvalue weighted by Gasteiger charge is 2.70. The summed E-state index contributed by atoms with van der Waals surface area (Å²) in [5.74, 6) is -1.71. The molecule has 13 nitrogen and oxygen atoms in total. The maximum absolute atomic E-state index is 15.1. The summed E-state index contributed by atoms with van der Waals surface area (Å²) in [7, 11) is 0. The van der Waals surface area contributed by atoms with Gasteiger partial charge in [-0.25, -0.2) is 4.98 Å². The third-order valence-corrected chi connectivity index (χ3v) is 12.7. The number of piperidine rings is 1. The van der Waals surface area contributed by atoms with E-state index in [-0.39, 0.29) is 54.8 Å². The number of nitrogens with zero attached hydrogens (tertiary/aromatic N) is 3. The first-order valence-electron chi connectivity index (χ1n) is 19.7. The van der Waals surface area contributed by atoms with Gasteiger partial charge < -0.3 is 26.2 Å². The number of likely N-dealkylation sites (tertiary alicyclic amines) is 1. The molecule has 0 bridgehead atoms. The molecule has 0 radical (unpaired) electrons. The number of amides is 5. The molecular formula is C43H53N7O6. The molecule has 13 heteroatoms. The highest BCUT2D eigenvalue weighted by molar-refractivity contribution is 6.38. The van der Waals surface area contributed by atoms with E-state index in [4.69, 9.17) is 6.42 Å². The maximum Gasteiger partial charge on any atom is 0.289 e. The van der Waals surface area contributed by atoms with E-state index >= 15 is 4.79 Å². The molecule has 1 unspecified atom stereocenters.